The zero-order valence-electron chi connectivity index (χ0n) is 20.3. The van der Waals surface area contributed by atoms with Crippen molar-refractivity contribution in [3.05, 3.63) is 57.9 Å². The van der Waals surface area contributed by atoms with Crippen LogP contribution in [0.3, 0.4) is 0 Å². The van der Waals surface area contributed by atoms with Gasteiger partial charge in [-0.1, -0.05) is 0 Å². The predicted octanol–water partition coefficient (Wildman–Crippen LogP) is 5.75. The second-order valence-electron chi connectivity index (χ2n) is 9.05. The van der Waals surface area contributed by atoms with Gasteiger partial charge in [-0.3, -0.25) is 9.59 Å². The van der Waals surface area contributed by atoms with Gasteiger partial charge in [0.25, 0.3) is 0 Å². The van der Waals surface area contributed by atoms with Gasteiger partial charge < -0.3 is 14.8 Å². The Morgan fingerprint density at radius 3 is 2.18 bits per heavy atom. The third-order valence-electron chi connectivity index (χ3n) is 5.00. The first kappa shape index (κ1) is 26.0. The average Bonchev–Trinajstić information content (AvgIpc) is 2.68. The lowest BCUT2D eigenvalue weighted by Gasteiger charge is -2.25. The number of aryl methyl sites for hydroxylation is 3. The second-order valence-corrected chi connectivity index (χ2v) is 9.05. The van der Waals surface area contributed by atoms with E-state index in [4.69, 9.17) is 9.47 Å². The molecule has 178 valence electrons. The molecule has 33 heavy (non-hydrogen) atoms. The summed E-state index contributed by atoms with van der Waals surface area (Å²) in [5.74, 6) is -1.09. The molecule has 1 amide bonds. The van der Waals surface area contributed by atoms with Crippen LogP contribution in [0.4, 0.5) is 9.18 Å². The lowest BCUT2D eigenvalue weighted by atomic mass is 9.89. The summed E-state index contributed by atoms with van der Waals surface area (Å²) in [6.45, 7) is 12.4. The summed E-state index contributed by atoms with van der Waals surface area (Å²) < 4.78 is 25.7. The zero-order chi connectivity index (χ0) is 24.9. The molecule has 0 bridgehead atoms. The van der Waals surface area contributed by atoms with Gasteiger partial charge in [0.1, 0.15) is 17.7 Å². The number of rotatable bonds is 7. The van der Waals surface area contributed by atoms with Crippen molar-refractivity contribution in [2.45, 2.75) is 66.5 Å². The first-order chi connectivity index (χ1) is 15.4. The first-order valence-electron chi connectivity index (χ1n) is 10.9. The van der Waals surface area contributed by atoms with E-state index in [-0.39, 0.29) is 18.6 Å². The third-order valence-corrected chi connectivity index (χ3v) is 5.00. The number of benzene rings is 2. The van der Waals surface area contributed by atoms with E-state index in [0.717, 1.165) is 28.5 Å². The van der Waals surface area contributed by atoms with Gasteiger partial charge in [0.05, 0.1) is 19.1 Å². The average molecular weight is 458 g/mol. The number of carbonyl (C=O) groups excluding carboxylic acids is 3. The zero-order valence-corrected chi connectivity index (χ0v) is 20.3. The van der Waals surface area contributed by atoms with Crippen LogP contribution in [0.1, 0.15) is 72.8 Å². The molecule has 1 N–H and O–H groups in total. The molecule has 0 spiro atoms. The van der Waals surface area contributed by atoms with Gasteiger partial charge in [0.2, 0.25) is 0 Å². The minimum absolute atomic E-state index is 0.155. The lowest BCUT2D eigenvalue weighted by Crippen LogP contribution is -2.36. The summed E-state index contributed by atoms with van der Waals surface area (Å²) in [4.78, 5) is 35.9. The van der Waals surface area contributed by atoms with Crippen LogP contribution in [0.15, 0.2) is 24.3 Å². The molecule has 0 heterocycles. The van der Waals surface area contributed by atoms with Gasteiger partial charge in [0.15, 0.2) is 0 Å². The van der Waals surface area contributed by atoms with Crippen molar-refractivity contribution >= 4 is 18.3 Å². The van der Waals surface area contributed by atoms with E-state index in [2.05, 4.69) is 5.32 Å². The Bertz CT molecular complexity index is 1030. The van der Waals surface area contributed by atoms with Gasteiger partial charge in [-0.15, -0.1) is 0 Å². The summed E-state index contributed by atoms with van der Waals surface area (Å²) in [5.41, 5.74) is 3.60. The number of aldehydes is 1. The molecule has 0 aliphatic carbocycles. The Labute approximate surface area is 194 Å². The number of alkyl carbamates (subject to hydrolysis) is 1. The molecular weight excluding hydrogens is 425 g/mol. The van der Waals surface area contributed by atoms with Crippen molar-refractivity contribution in [2.24, 2.45) is 0 Å². The number of hydrogen-bond donors (Lipinski definition) is 1. The molecule has 0 saturated carbocycles. The highest BCUT2D eigenvalue weighted by Crippen LogP contribution is 2.34. The highest BCUT2D eigenvalue weighted by Gasteiger charge is 2.27. The van der Waals surface area contributed by atoms with Gasteiger partial charge in [0, 0.05) is 11.1 Å². The number of ether oxygens (including phenoxy) is 2. The van der Waals surface area contributed by atoms with E-state index in [9.17, 15) is 14.4 Å². The summed E-state index contributed by atoms with van der Waals surface area (Å²) in [6.07, 6.45) is -0.234. The van der Waals surface area contributed by atoms with E-state index in [1.54, 1.807) is 58.9 Å². The Kier molecular flexibility index (Phi) is 8.36. The quantitative estimate of drug-likeness (QED) is 0.423. The van der Waals surface area contributed by atoms with Crippen LogP contribution in [0.2, 0.25) is 0 Å². The van der Waals surface area contributed by atoms with Gasteiger partial charge in [-0.2, -0.15) is 0 Å². The Morgan fingerprint density at radius 1 is 1.06 bits per heavy atom. The molecule has 0 saturated heterocycles. The molecule has 7 heteroatoms. The van der Waals surface area contributed by atoms with Gasteiger partial charge in [-0.05, 0) is 101 Å². The first-order valence-corrected chi connectivity index (χ1v) is 10.9. The smallest absolute Gasteiger partial charge is 0.408 e. The number of halogens is 1. The van der Waals surface area contributed by atoms with Gasteiger partial charge >= 0.3 is 12.1 Å². The number of hydrogen-bond acceptors (Lipinski definition) is 5. The highest BCUT2D eigenvalue weighted by molar-refractivity contribution is 5.81. The van der Waals surface area contributed by atoms with Crippen molar-refractivity contribution < 1.29 is 28.2 Å². The number of nitrogens with one attached hydrogen (secondary N) is 1. The molecule has 0 aromatic heterocycles. The van der Waals surface area contributed by atoms with E-state index < -0.39 is 29.5 Å². The van der Waals surface area contributed by atoms with Crippen molar-refractivity contribution in [3.8, 4) is 11.1 Å². The highest BCUT2D eigenvalue weighted by atomic mass is 19.1. The topological polar surface area (TPSA) is 81.7 Å². The maximum Gasteiger partial charge on any atom is 0.408 e. The van der Waals surface area contributed by atoms with Crippen molar-refractivity contribution in [1.82, 2.24) is 5.32 Å². The molecule has 1 atom stereocenters. The molecule has 6 nitrogen and oxygen atoms in total. The fourth-order valence-corrected chi connectivity index (χ4v) is 3.79. The molecule has 0 fully saturated rings. The second kappa shape index (κ2) is 10.6. The van der Waals surface area contributed by atoms with Crippen LogP contribution in [-0.2, 0) is 14.3 Å². The van der Waals surface area contributed by atoms with Crippen LogP contribution < -0.4 is 5.32 Å². The summed E-state index contributed by atoms with van der Waals surface area (Å²) in [6, 6.07) is 5.88. The molecule has 0 aliphatic rings. The van der Waals surface area contributed by atoms with E-state index >= 15 is 4.39 Å². The van der Waals surface area contributed by atoms with Gasteiger partial charge in [-0.25, -0.2) is 9.18 Å². The Hall–Kier alpha value is -3.22. The molecule has 0 radical (unpaired) electrons. The van der Waals surface area contributed by atoms with E-state index in [1.807, 2.05) is 13.8 Å². The standard InChI is InChI=1S/C26H32FNO5/c1-8-32-22(30)13-21(28-25(31)33-26(5,6)7)20-12-19(11-17(4)24(20)27)23-15(2)9-18(14-29)10-16(23)3/h9-12,14,21H,8,13H2,1-7H3,(H,28,31)/t21-/m0/s1. The van der Waals surface area contributed by atoms with E-state index in [1.165, 1.54) is 0 Å². The minimum Gasteiger partial charge on any atom is -0.466 e. The SMILES string of the molecule is CCOC(=O)C[C@H](NC(=O)OC(C)(C)C)c1cc(-c2c(C)cc(C=O)cc2C)cc(C)c1F. The van der Waals surface area contributed by atoms with Crippen LogP contribution in [-0.4, -0.2) is 30.6 Å². The van der Waals surface area contributed by atoms with Crippen molar-refractivity contribution in [1.29, 1.82) is 0 Å². The molecule has 2 rings (SSSR count). The van der Waals surface area contributed by atoms with Crippen molar-refractivity contribution in [2.75, 3.05) is 6.61 Å². The van der Waals surface area contributed by atoms with Crippen LogP contribution in [0.25, 0.3) is 11.1 Å². The monoisotopic (exact) mass is 457 g/mol. The maximum absolute atomic E-state index is 15.3. The van der Waals surface area contributed by atoms with Crippen LogP contribution in [0, 0.1) is 26.6 Å². The number of esters is 1. The largest absolute Gasteiger partial charge is 0.466 e. The molecule has 0 unspecified atom stereocenters. The van der Waals surface area contributed by atoms with Crippen LogP contribution >= 0.6 is 0 Å². The fourth-order valence-electron chi connectivity index (χ4n) is 3.79. The molecule has 2 aromatic carbocycles. The summed E-state index contributed by atoms with van der Waals surface area (Å²) >= 11 is 0. The lowest BCUT2D eigenvalue weighted by molar-refractivity contribution is -0.143. The maximum atomic E-state index is 15.3. The number of amides is 1. The fraction of sp³-hybridized carbons (Fsp3) is 0.423. The number of carbonyl (C=O) groups is 3. The summed E-state index contributed by atoms with van der Waals surface area (Å²) in [5, 5.41) is 2.63. The summed E-state index contributed by atoms with van der Waals surface area (Å²) in [7, 11) is 0. The third kappa shape index (κ3) is 6.88. The van der Waals surface area contributed by atoms with E-state index in [0.29, 0.717) is 11.1 Å². The molecule has 2 aromatic rings. The predicted molar refractivity (Wildman–Crippen MR) is 125 cm³/mol. The minimum atomic E-state index is -0.993. The molecular formula is C26H32FNO5. The normalized spacial score (nSPS) is 12.1. The van der Waals surface area contributed by atoms with Crippen LogP contribution in [0.5, 0.6) is 0 Å². The Morgan fingerprint density at radius 2 is 1.67 bits per heavy atom. The molecule has 0 aliphatic heterocycles. The van der Waals surface area contributed by atoms with Crippen molar-refractivity contribution in [3.63, 3.8) is 0 Å². The Balaban J connectivity index is 2.59.